The summed E-state index contributed by atoms with van der Waals surface area (Å²) in [6, 6.07) is 16.3. The topological polar surface area (TPSA) is 68.2 Å². The van der Waals surface area contributed by atoms with Crippen molar-refractivity contribution in [1.29, 1.82) is 0 Å². The summed E-state index contributed by atoms with van der Waals surface area (Å²) in [5, 5.41) is 14.1. The smallest absolute Gasteiger partial charge is 0.217 e. The molecule has 3 saturated carbocycles. The number of aromatic nitrogens is 1. The number of nitro groups is 1. The minimum Gasteiger partial charge on any atom is -0.489 e. The molecule has 5 nitrogen and oxygen atoms in total. The van der Waals surface area contributed by atoms with Gasteiger partial charge in [-0.15, -0.1) is 0 Å². The minimum absolute atomic E-state index is 0.0635. The first-order chi connectivity index (χ1) is 21.6. The van der Waals surface area contributed by atoms with Gasteiger partial charge >= 0.3 is 0 Å². The number of nitrogens with zero attached hydrogens (tertiary/aromatic N) is 1. The van der Waals surface area contributed by atoms with E-state index in [0.717, 1.165) is 53.8 Å². The Bertz CT molecular complexity index is 1530. The molecule has 5 heteroatoms. The van der Waals surface area contributed by atoms with E-state index in [0.29, 0.717) is 29.8 Å². The fourth-order valence-electron chi connectivity index (χ4n) is 11.6. The molecule has 0 bridgehead atoms. The van der Waals surface area contributed by atoms with E-state index < -0.39 is 6.04 Å². The SMILES string of the molecule is CC(C)CCCC(C)C1CCC2C3CC([N+](=O)[O-])C4Cc5[nH]c6ccc(OCc7ccccc7)cc6c5CC4(C)C3CCC12C. The van der Waals surface area contributed by atoms with Gasteiger partial charge in [0.2, 0.25) is 6.04 Å². The molecule has 3 fully saturated rings. The second-order valence-corrected chi connectivity index (χ2v) is 16.6. The van der Waals surface area contributed by atoms with Crippen molar-refractivity contribution >= 4 is 10.9 Å². The zero-order valence-corrected chi connectivity index (χ0v) is 28.2. The van der Waals surface area contributed by atoms with Gasteiger partial charge in [-0.25, -0.2) is 0 Å². The lowest BCUT2D eigenvalue weighted by molar-refractivity contribution is -0.546. The zero-order valence-electron chi connectivity index (χ0n) is 28.2. The molecule has 1 N–H and O–H groups in total. The molecular weight excluding hydrogens is 556 g/mol. The molecule has 0 saturated heterocycles. The van der Waals surface area contributed by atoms with Crippen LogP contribution >= 0.6 is 0 Å². The van der Waals surface area contributed by atoms with Crippen molar-refractivity contribution < 1.29 is 9.66 Å². The fraction of sp³-hybridized carbons (Fsp3) is 0.650. The highest BCUT2D eigenvalue weighted by Gasteiger charge is 2.65. The van der Waals surface area contributed by atoms with Gasteiger partial charge in [-0.3, -0.25) is 10.1 Å². The third-order valence-corrected chi connectivity index (χ3v) is 13.8. The fourth-order valence-corrected chi connectivity index (χ4v) is 11.6. The van der Waals surface area contributed by atoms with Crippen LogP contribution in [0.4, 0.5) is 0 Å². The molecule has 7 rings (SSSR count). The van der Waals surface area contributed by atoms with E-state index in [1.165, 1.54) is 61.6 Å². The molecule has 2 aromatic carbocycles. The van der Waals surface area contributed by atoms with E-state index in [2.05, 4.69) is 69.9 Å². The first-order valence-electron chi connectivity index (χ1n) is 18.0. The van der Waals surface area contributed by atoms with Gasteiger partial charge in [0.15, 0.2) is 0 Å². The maximum Gasteiger partial charge on any atom is 0.217 e. The second kappa shape index (κ2) is 11.8. The molecule has 1 aromatic heterocycles. The van der Waals surface area contributed by atoms with Crippen molar-refractivity contribution in [2.75, 3.05) is 0 Å². The van der Waals surface area contributed by atoms with Crippen LogP contribution in [-0.4, -0.2) is 15.9 Å². The first-order valence-corrected chi connectivity index (χ1v) is 18.0. The van der Waals surface area contributed by atoms with Crippen LogP contribution in [0.15, 0.2) is 48.5 Å². The van der Waals surface area contributed by atoms with E-state index in [-0.39, 0.29) is 16.3 Å². The molecule has 0 aliphatic heterocycles. The Kier molecular flexibility index (Phi) is 8.05. The van der Waals surface area contributed by atoms with Crippen molar-refractivity contribution in [1.82, 2.24) is 4.98 Å². The second-order valence-electron chi connectivity index (χ2n) is 16.6. The Morgan fingerprint density at radius 1 is 0.978 bits per heavy atom. The molecule has 4 aliphatic carbocycles. The third-order valence-electron chi connectivity index (χ3n) is 13.8. The van der Waals surface area contributed by atoms with Crippen LogP contribution in [0.5, 0.6) is 5.75 Å². The van der Waals surface area contributed by atoms with E-state index >= 15 is 0 Å². The maximum absolute atomic E-state index is 12.8. The quantitative estimate of drug-likeness (QED) is 0.194. The van der Waals surface area contributed by atoms with Crippen LogP contribution < -0.4 is 4.74 Å². The van der Waals surface area contributed by atoms with Gasteiger partial charge in [-0.2, -0.15) is 0 Å². The number of hydrogen-bond donors (Lipinski definition) is 1. The lowest BCUT2D eigenvalue weighted by Crippen LogP contribution is -2.60. The standard InChI is InChI=1S/C40H54N2O3/c1-25(2)10-9-11-26(3)32-15-16-33-30-21-38(42(43)44)35-22-37-31(23-40(35,5)34(30)18-19-39(32,33)4)29-20-28(14-17-36(29)41-37)45-24-27-12-7-6-8-13-27/h6-8,12-14,17,20,25-26,30,32-35,38,41H,9-11,15-16,18-19,21-24H2,1-5H3. The third kappa shape index (κ3) is 5.30. The summed E-state index contributed by atoms with van der Waals surface area (Å²) in [6.45, 7) is 12.8. The highest BCUT2D eigenvalue weighted by molar-refractivity contribution is 5.86. The predicted molar refractivity (Wildman–Crippen MR) is 182 cm³/mol. The van der Waals surface area contributed by atoms with Gasteiger partial charge < -0.3 is 9.72 Å². The average molecular weight is 611 g/mol. The van der Waals surface area contributed by atoms with Crippen molar-refractivity contribution in [3.8, 4) is 5.75 Å². The predicted octanol–water partition coefficient (Wildman–Crippen LogP) is 10.0. The van der Waals surface area contributed by atoms with Crippen LogP contribution in [-0.2, 0) is 19.4 Å². The summed E-state index contributed by atoms with van der Waals surface area (Å²) >= 11 is 0. The number of benzene rings is 2. The number of ether oxygens (including phenoxy) is 1. The van der Waals surface area contributed by atoms with Crippen LogP contribution in [0.2, 0.25) is 0 Å². The molecule has 9 atom stereocenters. The number of nitrogens with one attached hydrogen (secondary N) is 1. The molecule has 9 unspecified atom stereocenters. The van der Waals surface area contributed by atoms with E-state index in [1.54, 1.807) is 0 Å². The summed E-state index contributed by atoms with van der Waals surface area (Å²) in [5.74, 6) is 4.89. The molecule has 45 heavy (non-hydrogen) atoms. The number of H-pyrrole nitrogens is 1. The zero-order chi connectivity index (χ0) is 31.5. The summed E-state index contributed by atoms with van der Waals surface area (Å²) in [4.78, 5) is 16.7. The summed E-state index contributed by atoms with van der Waals surface area (Å²) < 4.78 is 6.25. The summed E-state index contributed by atoms with van der Waals surface area (Å²) in [5.41, 5.74) is 5.15. The minimum atomic E-state index is -0.453. The first kappa shape index (κ1) is 30.8. The number of fused-ring (bicyclic) bond motifs is 8. The molecule has 3 aromatic rings. The lowest BCUT2D eigenvalue weighted by atomic mass is 9.43. The highest BCUT2D eigenvalue weighted by atomic mass is 16.6. The van der Waals surface area contributed by atoms with Crippen LogP contribution in [0.25, 0.3) is 10.9 Å². The molecule has 0 amide bonds. The van der Waals surface area contributed by atoms with Crippen LogP contribution in [0.1, 0.15) is 103 Å². The largest absolute Gasteiger partial charge is 0.489 e. The molecule has 242 valence electrons. The Hall–Kier alpha value is -2.82. The molecule has 1 heterocycles. The number of rotatable bonds is 9. The van der Waals surface area contributed by atoms with Gasteiger partial charge in [0, 0.05) is 33.9 Å². The molecule has 0 spiro atoms. The van der Waals surface area contributed by atoms with Gasteiger partial charge in [0.1, 0.15) is 12.4 Å². The number of aromatic amines is 1. The Morgan fingerprint density at radius 2 is 1.76 bits per heavy atom. The molecule has 0 radical (unpaired) electrons. The van der Waals surface area contributed by atoms with Gasteiger partial charge in [-0.1, -0.05) is 84.2 Å². The van der Waals surface area contributed by atoms with Gasteiger partial charge in [0.25, 0.3) is 0 Å². The van der Waals surface area contributed by atoms with Gasteiger partial charge in [0.05, 0.1) is 0 Å². The van der Waals surface area contributed by atoms with E-state index in [4.69, 9.17) is 4.74 Å². The van der Waals surface area contributed by atoms with Gasteiger partial charge in [-0.05, 0) is 114 Å². The van der Waals surface area contributed by atoms with Crippen molar-refractivity contribution in [3.05, 3.63) is 75.5 Å². The van der Waals surface area contributed by atoms with Crippen LogP contribution in [0.3, 0.4) is 0 Å². The Morgan fingerprint density at radius 3 is 2.51 bits per heavy atom. The monoisotopic (exact) mass is 610 g/mol. The van der Waals surface area contributed by atoms with Crippen molar-refractivity contribution in [3.63, 3.8) is 0 Å². The highest BCUT2D eigenvalue weighted by Crippen LogP contribution is 2.68. The lowest BCUT2D eigenvalue weighted by Gasteiger charge is -2.60. The summed E-state index contributed by atoms with van der Waals surface area (Å²) in [6.07, 6.45) is 11.6. The normalized spacial score (nSPS) is 34.5. The van der Waals surface area contributed by atoms with E-state index in [1.807, 2.05) is 18.2 Å². The van der Waals surface area contributed by atoms with E-state index in [9.17, 15) is 10.1 Å². The van der Waals surface area contributed by atoms with Crippen molar-refractivity contribution in [2.24, 2.45) is 52.3 Å². The number of hydrogen-bond acceptors (Lipinski definition) is 3. The van der Waals surface area contributed by atoms with Crippen molar-refractivity contribution in [2.45, 2.75) is 111 Å². The summed E-state index contributed by atoms with van der Waals surface area (Å²) in [7, 11) is 0. The van der Waals surface area contributed by atoms with Crippen LogP contribution in [0, 0.1) is 62.4 Å². The average Bonchev–Trinajstić information content (AvgIpc) is 3.55. The molecular formula is C40H54N2O3. The molecule has 4 aliphatic rings. The maximum atomic E-state index is 12.8. The Labute approximate surface area is 270 Å². The Balaban J connectivity index is 1.16.